The summed E-state index contributed by atoms with van der Waals surface area (Å²) in [7, 11) is 3.32. The van der Waals surface area contributed by atoms with Gasteiger partial charge in [-0.2, -0.15) is 0 Å². The van der Waals surface area contributed by atoms with E-state index in [4.69, 9.17) is 15.2 Å². The minimum Gasteiger partial charge on any atom is -0.356 e. The molecule has 0 saturated heterocycles. The molecule has 0 heterocycles. The number of nitrogens with one attached hydrogen (secondary N) is 1. The maximum Gasteiger partial charge on any atom is 0.158 e. The first-order valence-corrected chi connectivity index (χ1v) is 6.82. The van der Waals surface area contributed by atoms with Crippen LogP contribution in [0.2, 0.25) is 0 Å². The monoisotopic (exact) mass is 256 g/mol. The van der Waals surface area contributed by atoms with E-state index >= 15 is 0 Å². The first-order chi connectivity index (χ1) is 8.63. The normalized spacial score (nSPS) is 19.1. The molecule has 1 aliphatic rings. The van der Waals surface area contributed by atoms with E-state index in [0.717, 1.165) is 19.4 Å². The highest BCUT2D eigenvalue weighted by Gasteiger charge is 2.26. The molecule has 0 aromatic rings. The zero-order valence-corrected chi connectivity index (χ0v) is 12.0. The second-order valence-electron chi connectivity index (χ2n) is 5.30. The van der Waals surface area contributed by atoms with Gasteiger partial charge < -0.3 is 20.5 Å². The first-order valence-electron chi connectivity index (χ1n) is 6.82. The molecule has 3 N–H and O–H groups in total. The van der Waals surface area contributed by atoms with E-state index in [1.54, 1.807) is 19.8 Å². The summed E-state index contributed by atoms with van der Waals surface area (Å²) < 4.78 is 10.5. The van der Waals surface area contributed by atoms with Crippen molar-refractivity contribution in [2.45, 2.75) is 50.9 Å². The summed E-state index contributed by atoms with van der Waals surface area (Å²) in [6.45, 7) is 3.68. The fraction of sp³-hybridized carbons (Fsp3) is 0.857. The lowest BCUT2D eigenvalue weighted by Crippen LogP contribution is -2.51. The molecule has 4 heteroatoms. The van der Waals surface area contributed by atoms with Crippen molar-refractivity contribution in [3.05, 3.63) is 11.6 Å². The molecule has 0 radical (unpaired) electrons. The van der Waals surface area contributed by atoms with Crippen molar-refractivity contribution < 1.29 is 9.47 Å². The Balaban J connectivity index is 2.33. The van der Waals surface area contributed by atoms with Gasteiger partial charge in [0.05, 0.1) is 0 Å². The van der Waals surface area contributed by atoms with Gasteiger partial charge in [-0.05, 0) is 39.2 Å². The molecule has 18 heavy (non-hydrogen) atoms. The van der Waals surface area contributed by atoms with E-state index in [1.807, 2.05) is 0 Å². The minimum atomic E-state index is -0.197. The fourth-order valence-corrected chi connectivity index (χ4v) is 2.35. The Morgan fingerprint density at radius 3 is 2.67 bits per heavy atom. The highest BCUT2D eigenvalue weighted by Crippen LogP contribution is 2.20. The summed E-state index contributed by atoms with van der Waals surface area (Å²) >= 11 is 0. The average molecular weight is 256 g/mol. The number of nitrogens with two attached hydrogens (primary N) is 1. The van der Waals surface area contributed by atoms with Crippen LogP contribution >= 0.6 is 0 Å². The molecule has 0 aliphatic heterocycles. The molecule has 1 unspecified atom stereocenters. The van der Waals surface area contributed by atoms with Crippen molar-refractivity contribution in [1.29, 1.82) is 0 Å². The Morgan fingerprint density at radius 2 is 2.17 bits per heavy atom. The average Bonchev–Trinajstić information content (AvgIpc) is 2.89. The Bertz CT molecular complexity index is 265. The third kappa shape index (κ3) is 5.06. The van der Waals surface area contributed by atoms with Gasteiger partial charge in [-0.3, -0.25) is 0 Å². The van der Waals surface area contributed by atoms with Gasteiger partial charge in [0.25, 0.3) is 0 Å². The Labute approximate surface area is 111 Å². The number of ether oxygens (including phenoxy) is 2. The van der Waals surface area contributed by atoms with Crippen LogP contribution in [0, 0.1) is 0 Å². The predicted molar refractivity (Wildman–Crippen MR) is 74.4 cm³/mol. The van der Waals surface area contributed by atoms with E-state index < -0.39 is 0 Å². The zero-order chi connectivity index (χ0) is 13.4. The second-order valence-corrected chi connectivity index (χ2v) is 5.30. The molecule has 1 atom stereocenters. The van der Waals surface area contributed by atoms with Crippen LogP contribution in [0.15, 0.2) is 11.6 Å². The number of methoxy groups -OCH3 is 2. The van der Waals surface area contributed by atoms with Crippen LogP contribution in [0.3, 0.4) is 0 Å². The second kappa shape index (κ2) is 7.89. The van der Waals surface area contributed by atoms with Crippen molar-refractivity contribution >= 4 is 0 Å². The van der Waals surface area contributed by atoms with Gasteiger partial charge in [0.1, 0.15) is 0 Å². The molecule has 106 valence electrons. The number of allylic oxidation sites excluding steroid dienone is 1. The molecular formula is C14H28N2O2. The van der Waals surface area contributed by atoms with Gasteiger partial charge in [0, 0.05) is 32.7 Å². The van der Waals surface area contributed by atoms with Crippen molar-refractivity contribution in [2.75, 3.05) is 27.3 Å². The Hall–Kier alpha value is -0.420. The molecule has 0 saturated carbocycles. The van der Waals surface area contributed by atoms with Gasteiger partial charge in [-0.15, -0.1) is 0 Å². The van der Waals surface area contributed by atoms with Gasteiger partial charge >= 0.3 is 0 Å². The lowest BCUT2D eigenvalue weighted by Gasteiger charge is -2.32. The topological polar surface area (TPSA) is 56.5 Å². The van der Waals surface area contributed by atoms with Crippen LogP contribution in [0.1, 0.15) is 39.0 Å². The summed E-state index contributed by atoms with van der Waals surface area (Å²) in [5.74, 6) is 0. The zero-order valence-electron chi connectivity index (χ0n) is 12.0. The number of hydrogen-bond donors (Lipinski definition) is 2. The fourth-order valence-electron chi connectivity index (χ4n) is 2.35. The summed E-state index contributed by atoms with van der Waals surface area (Å²) in [4.78, 5) is 0. The minimum absolute atomic E-state index is 0.129. The van der Waals surface area contributed by atoms with Gasteiger partial charge in [-0.25, -0.2) is 0 Å². The summed E-state index contributed by atoms with van der Waals surface area (Å²) in [5.41, 5.74) is 7.32. The van der Waals surface area contributed by atoms with Crippen molar-refractivity contribution in [2.24, 2.45) is 5.73 Å². The van der Waals surface area contributed by atoms with E-state index in [9.17, 15) is 0 Å². The largest absolute Gasteiger partial charge is 0.356 e. The quantitative estimate of drug-likeness (QED) is 0.488. The molecule has 0 fully saturated rings. The third-order valence-electron chi connectivity index (χ3n) is 3.73. The molecule has 0 spiro atoms. The molecular weight excluding hydrogens is 228 g/mol. The molecule has 0 aromatic carbocycles. The standard InChI is InChI=1S/C14H28N2O2/c1-14(11-15,10-13(17-2)18-3)16-9-8-12-6-4-5-7-12/h6,13,16H,4-5,7-11,15H2,1-3H3. The van der Waals surface area contributed by atoms with Gasteiger partial charge in [-0.1, -0.05) is 11.6 Å². The smallest absolute Gasteiger partial charge is 0.158 e. The van der Waals surface area contributed by atoms with Gasteiger partial charge in [0.2, 0.25) is 0 Å². The SMILES string of the molecule is COC(CC(C)(CN)NCCC1=CCCC1)OC. The van der Waals surface area contributed by atoms with Crippen molar-refractivity contribution in [3.63, 3.8) is 0 Å². The molecule has 4 nitrogen and oxygen atoms in total. The van der Waals surface area contributed by atoms with E-state index in [0.29, 0.717) is 6.54 Å². The highest BCUT2D eigenvalue weighted by molar-refractivity contribution is 5.07. The van der Waals surface area contributed by atoms with Crippen LogP contribution in [-0.4, -0.2) is 39.1 Å². The van der Waals surface area contributed by atoms with Crippen LogP contribution in [0.4, 0.5) is 0 Å². The Morgan fingerprint density at radius 1 is 1.44 bits per heavy atom. The lowest BCUT2D eigenvalue weighted by molar-refractivity contribution is -0.117. The van der Waals surface area contributed by atoms with E-state index in [2.05, 4.69) is 18.3 Å². The van der Waals surface area contributed by atoms with Crippen molar-refractivity contribution in [1.82, 2.24) is 5.32 Å². The van der Waals surface area contributed by atoms with Crippen molar-refractivity contribution in [3.8, 4) is 0 Å². The summed E-state index contributed by atoms with van der Waals surface area (Å²) in [6, 6.07) is 0. The molecule has 0 amide bonds. The van der Waals surface area contributed by atoms with Crippen LogP contribution in [-0.2, 0) is 9.47 Å². The van der Waals surface area contributed by atoms with E-state index in [-0.39, 0.29) is 11.8 Å². The molecule has 1 aliphatic carbocycles. The maximum absolute atomic E-state index is 5.87. The van der Waals surface area contributed by atoms with Crippen LogP contribution in [0.5, 0.6) is 0 Å². The van der Waals surface area contributed by atoms with Gasteiger partial charge in [0.15, 0.2) is 6.29 Å². The predicted octanol–water partition coefficient (Wildman–Crippen LogP) is 1.80. The van der Waals surface area contributed by atoms with E-state index in [1.165, 1.54) is 19.3 Å². The lowest BCUT2D eigenvalue weighted by atomic mass is 9.97. The molecule has 0 aromatic heterocycles. The highest BCUT2D eigenvalue weighted by atomic mass is 16.7. The summed E-state index contributed by atoms with van der Waals surface area (Å²) in [5, 5.41) is 3.55. The summed E-state index contributed by atoms with van der Waals surface area (Å²) in [6.07, 6.45) is 7.89. The molecule has 0 bridgehead atoms. The molecule has 1 rings (SSSR count). The van der Waals surface area contributed by atoms with Crippen LogP contribution in [0.25, 0.3) is 0 Å². The number of hydrogen-bond acceptors (Lipinski definition) is 4. The third-order valence-corrected chi connectivity index (χ3v) is 3.73. The number of rotatable bonds is 9. The Kier molecular flexibility index (Phi) is 6.86. The van der Waals surface area contributed by atoms with Crippen LogP contribution < -0.4 is 11.1 Å². The first kappa shape index (κ1) is 15.6. The maximum atomic E-state index is 5.87.